The van der Waals surface area contributed by atoms with E-state index in [0.29, 0.717) is 24.4 Å². The van der Waals surface area contributed by atoms with Crippen LogP contribution in [0.3, 0.4) is 0 Å². The zero-order valence-corrected chi connectivity index (χ0v) is 14.8. The van der Waals surface area contributed by atoms with E-state index in [1.807, 2.05) is 45.8 Å². The Bertz CT molecular complexity index is 563. The van der Waals surface area contributed by atoms with Crippen molar-refractivity contribution in [1.29, 1.82) is 0 Å². The average Bonchev–Trinajstić information content (AvgIpc) is 2.46. The Morgan fingerprint density at radius 1 is 1.22 bits per heavy atom. The fourth-order valence-electron chi connectivity index (χ4n) is 1.87. The van der Waals surface area contributed by atoms with Crippen molar-refractivity contribution in [2.45, 2.75) is 20.8 Å². The first-order valence-electron chi connectivity index (χ1n) is 7.56. The highest BCUT2D eigenvalue weighted by molar-refractivity contribution is 6.02. The molecule has 0 fully saturated rings. The third-order valence-corrected chi connectivity index (χ3v) is 3.25. The van der Waals surface area contributed by atoms with Crippen molar-refractivity contribution in [3.05, 3.63) is 23.8 Å². The maximum atomic E-state index is 12.4. The second-order valence-corrected chi connectivity index (χ2v) is 6.58. The molecule has 0 aliphatic heterocycles. The third kappa shape index (κ3) is 5.56. The first-order valence-corrected chi connectivity index (χ1v) is 7.56. The van der Waals surface area contributed by atoms with Crippen molar-refractivity contribution >= 4 is 23.2 Å². The fourth-order valence-corrected chi connectivity index (χ4v) is 1.87. The van der Waals surface area contributed by atoms with Gasteiger partial charge in [-0.3, -0.25) is 9.59 Å². The molecule has 6 heteroatoms. The van der Waals surface area contributed by atoms with Gasteiger partial charge < -0.3 is 20.3 Å². The van der Waals surface area contributed by atoms with E-state index in [1.165, 1.54) is 0 Å². The molecule has 0 heterocycles. The molecule has 0 unspecified atom stereocenters. The lowest BCUT2D eigenvalue weighted by atomic mass is 9.95. The minimum atomic E-state index is -0.499. The summed E-state index contributed by atoms with van der Waals surface area (Å²) in [6, 6.07) is 5.32. The monoisotopic (exact) mass is 321 g/mol. The summed E-state index contributed by atoms with van der Waals surface area (Å²) in [5.41, 5.74) is 1.40. The van der Waals surface area contributed by atoms with Gasteiger partial charge in [0.05, 0.1) is 12.2 Å². The topological polar surface area (TPSA) is 70.7 Å². The maximum Gasteiger partial charge on any atom is 0.253 e. The number of amides is 2. The van der Waals surface area contributed by atoms with Crippen molar-refractivity contribution < 1.29 is 14.3 Å². The number of hydrogen-bond acceptors (Lipinski definition) is 4. The number of nitrogens with one attached hydrogen (secondary N) is 2. The molecule has 0 spiro atoms. The van der Waals surface area contributed by atoms with Gasteiger partial charge in [0.25, 0.3) is 5.91 Å². The minimum Gasteiger partial charge on any atom is -0.383 e. The van der Waals surface area contributed by atoms with Gasteiger partial charge in [-0.2, -0.15) is 0 Å². The molecule has 1 aromatic rings. The van der Waals surface area contributed by atoms with Crippen LogP contribution in [0, 0.1) is 5.41 Å². The number of methoxy groups -OCH3 is 1. The SMILES string of the molecule is COCCNC(=O)c1cc(NC(=O)C(C)(C)C)ccc1N(C)C. The number of carbonyl (C=O) groups excluding carboxylic acids is 2. The number of nitrogens with zero attached hydrogens (tertiary/aromatic N) is 1. The summed E-state index contributed by atoms with van der Waals surface area (Å²) < 4.78 is 4.94. The van der Waals surface area contributed by atoms with Crippen LogP contribution in [-0.4, -0.2) is 46.2 Å². The molecule has 23 heavy (non-hydrogen) atoms. The van der Waals surface area contributed by atoms with Crippen molar-refractivity contribution in [2.24, 2.45) is 5.41 Å². The van der Waals surface area contributed by atoms with E-state index in [0.717, 1.165) is 5.69 Å². The van der Waals surface area contributed by atoms with Gasteiger partial charge in [-0.15, -0.1) is 0 Å². The molecule has 0 saturated heterocycles. The van der Waals surface area contributed by atoms with Crippen LogP contribution in [-0.2, 0) is 9.53 Å². The van der Waals surface area contributed by atoms with Crippen molar-refractivity contribution in [3.63, 3.8) is 0 Å². The Morgan fingerprint density at radius 3 is 2.39 bits per heavy atom. The standard InChI is InChI=1S/C17H27N3O3/c1-17(2,3)16(22)19-12-7-8-14(20(4)5)13(11-12)15(21)18-9-10-23-6/h7-8,11H,9-10H2,1-6H3,(H,18,21)(H,19,22). The maximum absolute atomic E-state index is 12.4. The van der Waals surface area contributed by atoms with Gasteiger partial charge in [0, 0.05) is 44.5 Å². The molecular formula is C17H27N3O3. The second-order valence-electron chi connectivity index (χ2n) is 6.58. The normalized spacial score (nSPS) is 11.0. The van der Waals surface area contributed by atoms with Gasteiger partial charge in [0.2, 0.25) is 5.91 Å². The lowest BCUT2D eigenvalue weighted by molar-refractivity contribution is -0.123. The fraction of sp³-hybridized carbons (Fsp3) is 0.529. The molecule has 2 amide bonds. The lowest BCUT2D eigenvalue weighted by Crippen LogP contribution is -2.30. The predicted molar refractivity (Wildman–Crippen MR) is 93.1 cm³/mol. The number of anilines is 2. The number of benzene rings is 1. The van der Waals surface area contributed by atoms with E-state index in [9.17, 15) is 9.59 Å². The highest BCUT2D eigenvalue weighted by atomic mass is 16.5. The molecule has 0 aromatic heterocycles. The third-order valence-electron chi connectivity index (χ3n) is 3.25. The van der Waals surface area contributed by atoms with Crippen LogP contribution in [0.15, 0.2) is 18.2 Å². The van der Waals surface area contributed by atoms with Gasteiger partial charge in [-0.25, -0.2) is 0 Å². The zero-order valence-electron chi connectivity index (χ0n) is 14.8. The number of ether oxygens (including phenoxy) is 1. The summed E-state index contributed by atoms with van der Waals surface area (Å²) in [7, 11) is 5.32. The number of carbonyl (C=O) groups is 2. The van der Waals surface area contributed by atoms with E-state index in [4.69, 9.17) is 4.74 Å². The van der Waals surface area contributed by atoms with Crippen molar-refractivity contribution in [2.75, 3.05) is 44.6 Å². The van der Waals surface area contributed by atoms with Gasteiger partial charge in [0.15, 0.2) is 0 Å². The first-order chi connectivity index (χ1) is 10.7. The Balaban J connectivity index is 3.03. The Morgan fingerprint density at radius 2 is 1.87 bits per heavy atom. The molecule has 0 saturated carbocycles. The molecule has 1 rings (SSSR count). The molecule has 1 aromatic carbocycles. The Kier molecular flexibility index (Phi) is 6.57. The quantitative estimate of drug-likeness (QED) is 0.787. The summed E-state index contributed by atoms with van der Waals surface area (Å²) in [5, 5.41) is 5.65. The molecule has 2 N–H and O–H groups in total. The molecular weight excluding hydrogens is 294 g/mol. The van der Waals surface area contributed by atoms with Crippen LogP contribution in [0.5, 0.6) is 0 Å². The largest absolute Gasteiger partial charge is 0.383 e. The van der Waals surface area contributed by atoms with Crippen LogP contribution < -0.4 is 15.5 Å². The van der Waals surface area contributed by atoms with Crippen LogP contribution in [0.25, 0.3) is 0 Å². The van der Waals surface area contributed by atoms with Crippen LogP contribution in [0.4, 0.5) is 11.4 Å². The molecule has 6 nitrogen and oxygen atoms in total. The molecule has 0 bridgehead atoms. The average molecular weight is 321 g/mol. The number of rotatable bonds is 6. The predicted octanol–water partition coefficient (Wildman–Crippen LogP) is 2.11. The first kappa shape index (κ1) is 19.0. The molecule has 0 radical (unpaired) electrons. The summed E-state index contributed by atoms with van der Waals surface area (Å²) in [6.45, 7) is 6.41. The summed E-state index contributed by atoms with van der Waals surface area (Å²) in [5.74, 6) is -0.293. The van der Waals surface area contributed by atoms with Crippen LogP contribution >= 0.6 is 0 Å². The van der Waals surface area contributed by atoms with Crippen molar-refractivity contribution in [1.82, 2.24) is 5.32 Å². The lowest BCUT2D eigenvalue weighted by Gasteiger charge is -2.21. The molecule has 0 aliphatic carbocycles. The van der Waals surface area contributed by atoms with E-state index in [-0.39, 0.29) is 11.8 Å². The van der Waals surface area contributed by atoms with Gasteiger partial charge >= 0.3 is 0 Å². The Labute approximate surface area is 138 Å². The molecule has 128 valence electrons. The zero-order chi connectivity index (χ0) is 17.6. The smallest absolute Gasteiger partial charge is 0.253 e. The van der Waals surface area contributed by atoms with Crippen LogP contribution in [0.2, 0.25) is 0 Å². The van der Waals surface area contributed by atoms with E-state index < -0.39 is 5.41 Å². The summed E-state index contributed by atoms with van der Waals surface area (Å²) in [4.78, 5) is 26.3. The molecule has 0 aliphatic rings. The Hall–Kier alpha value is -2.08. The van der Waals surface area contributed by atoms with Gasteiger partial charge in [-0.05, 0) is 18.2 Å². The summed E-state index contributed by atoms with van der Waals surface area (Å²) >= 11 is 0. The van der Waals surface area contributed by atoms with E-state index >= 15 is 0 Å². The highest BCUT2D eigenvalue weighted by Crippen LogP contribution is 2.24. The minimum absolute atomic E-state index is 0.0964. The van der Waals surface area contributed by atoms with Crippen molar-refractivity contribution in [3.8, 4) is 0 Å². The second kappa shape index (κ2) is 7.97. The van der Waals surface area contributed by atoms with Gasteiger partial charge in [0.1, 0.15) is 0 Å². The molecule has 0 atom stereocenters. The van der Waals surface area contributed by atoms with E-state index in [2.05, 4.69) is 10.6 Å². The number of hydrogen-bond donors (Lipinski definition) is 2. The van der Waals surface area contributed by atoms with Gasteiger partial charge in [-0.1, -0.05) is 20.8 Å². The van der Waals surface area contributed by atoms with Crippen LogP contribution in [0.1, 0.15) is 31.1 Å². The summed E-state index contributed by atoms with van der Waals surface area (Å²) in [6.07, 6.45) is 0. The van der Waals surface area contributed by atoms with E-state index in [1.54, 1.807) is 19.2 Å². The highest BCUT2D eigenvalue weighted by Gasteiger charge is 2.22.